The molecule has 0 aliphatic carbocycles. The van der Waals surface area contributed by atoms with Gasteiger partial charge in [0.05, 0.1) is 6.54 Å². The highest BCUT2D eigenvalue weighted by molar-refractivity contribution is 6.20. The summed E-state index contributed by atoms with van der Waals surface area (Å²) < 4.78 is 1.16. The van der Waals surface area contributed by atoms with Gasteiger partial charge in [-0.3, -0.25) is 9.21 Å². The van der Waals surface area contributed by atoms with Crippen LogP contribution in [0.3, 0.4) is 0 Å². The van der Waals surface area contributed by atoms with Crippen molar-refractivity contribution < 1.29 is 4.79 Å². The Labute approximate surface area is 76.9 Å². The van der Waals surface area contributed by atoms with Crippen LogP contribution in [-0.4, -0.2) is 10.3 Å². The number of hydrogen-bond donors (Lipinski definition) is 0. The molecule has 1 rings (SSSR count). The van der Waals surface area contributed by atoms with Crippen molar-refractivity contribution in [2.75, 3.05) is 0 Å². The molecule has 0 unspecified atom stereocenters. The lowest BCUT2D eigenvalue weighted by Crippen LogP contribution is -2.17. The quantitative estimate of drug-likeness (QED) is 0.644. The monoisotopic (exact) mass is 183 g/mol. The van der Waals surface area contributed by atoms with Gasteiger partial charge in [-0.25, -0.2) is 0 Å². The Bertz CT molecular complexity index is 260. The predicted molar refractivity (Wildman–Crippen MR) is 48.5 cm³/mol. The van der Waals surface area contributed by atoms with Crippen molar-refractivity contribution in [1.82, 2.24) is 4.42 Å². The lowest BCUT2D eigenvalue weighted by Gasteiger charge is -2.10. The molecule has 12 heavy (non-hydrogen) atoms. The van der Waals surface area contributed by atoms with Crippen LogP contribution in [0.4, 0.5) is 0 Å². The third kappa shape index (κ3) is 2.55. The summed E-state index contributed by atoms with van der Waals surface area (Å²) >= 11 is 5.63. The van der Waals surface area contributed by atoms with Crippen LogP contribution in [-0.2, 0) is 11.3 Å². The van der Waals surface area contributed by atoms with Gasteiger partial charge in [-0.15, -0.1) is 0 Å². The molecule has 0 atom stereocenters. The van der Waals surface area contributed by atoms with Gasteiger partial charge in [0.15, 0.2) is 0 Å². The van der Waals surface area contributed by atoms with Crippen LogP contribution < -0.4 is 0 Å². The molecule has 1 amide bonds. The fraction of sp³-hybridized carbons (Fsp3) is 0.222. The van der Waals surface area contributed by atoms with E-state index in [0.717, 1.165) is 9.98 Å². The topological polar surface area (TPSA) is 20.3 Å². The zero-order valence-electron chi connectivity index (χ0n) is 6.83. The van der Waals surface area contributed by atoms with Crippen LogP contribution in [0.1, 0.15) is 12.5 Å². The number of hydrogen-bond acceptors (Lipinski definition) is 1. The molecular formula is C9H10ClNO. The first kappa shape index (κ1) is 9.07. The molecule has 2 nitrogen and oxygen atoms in total. The van der Waals surface area contributed by atoms with Crippen LogP contribution in [0.25, 0.3) is 0 Å². The Hall–Kier alpha value is -1.02. The lowest BCUT2D eigenvalue weighted by atomic mass is 10.2. The van der Waals surface area contributed by atoms with Gasteiger partial charge in [0.1, 0.15) is 0 Å². The molecule has 1 aromatic rings. The molecule has 0 fully saturated rings. The molecule has 0 bridgehead atoms. The second-order valence-corrected chi connectivity index (χ2v) is 2.93. The highest BCUT2D eigenvalue weighted by atomic mass is 35.5. The molecule has 0 spiro atoms. The highest BCUT2D eigenvalue weighted by Crippen LogP contribution is 2.06. The van der Waals surface area contributed by atoms with Crippen molar-refractivity contribution in [3.05, 3.63) is 35.9 Å². The minimum Gasteiger partial charge on any atom is -0.274 e. The molecule has 1 aromatic carbocycles. The van der Waals surface area contributed by atoms with Crippen molar-refractivity contribution in [3.63, 3.8) is 0 Å². The molecular weight excluding hydrogens is 174 g/mol. The molecule has 0 saturated heterocycles. The summed E-state index contributed by atoms with van der Waals surface area (Å²) in [7, 11) is 0. The molecule has 3 heteroatoms. The Morgan fingerprint density at radius 2 is 2.00 bits per heavy atom. The first-order valence-corrected chi connectivity index (χ1v) is 4.02. The third-order valence-electron chi connectivity index (χ3n) is 1.51. The molecule has 64 valence electrons. The lowest BCUT2D eigenvalue weighted by molar-refractivity contribution is -0.124. The average Bonchev–Trinajstić information content (AvgIpc) is 2.06. The van der Waals surface area contributed by atoms with Crippen LogP contribution in [0.15, 0.2) is 30.3 Å². The summed E-state index contributed by atoms with van der Waals surface area (Å²) in [5.74, 6) is -0.138. The summed E-state index contributed by atoms with van der Waals surface area (Å²) in [6, 6.07) is 9.62. The second-order valence-electron chi connectivity index (χ2n) is 2.52. The van der Waals surface area contributed by atoms with E-state index in [2.05, 4.69) is 0 Å². The first-order valence-electron chi connectivity index (χ1n) is 3.68. The van der Waals surface area contributed by atoms with E-state index in [0.29, 0.717) is 6.54 Å². The average molecular weight is 184 g/mol. The van der Waals surface area contributed by atoms with Crippen LogP contribution in [0, 0.1) is 0 Å². The molecule has 0 aliphatic heterocycles. The van der Waals surface area contributed by atoms with E-state index in [1.165, 1.54) is 6.92 Å². The summed E-state index contributed by atoms with van der Waals surface area (Å²) in [4.78, 5) is 10.7. The minimum atomic E-state index is -0.138. The van der Waals surface area contributed by atoms with Crippen LogP contribution in [0.2, 0.25) is 0 Å². The van der Waals surface area contributed by atoms with Gasteiger partial charge in [0.2, 0.25) is 5.91 Å². The van der Waals surface area contributed by atoms with E-state index >= 15 is 0 Å². The highest BCUT2D eigenvalue weighted by Gasteiger charge is 2.04. The fourth-order valence-electron chi connectivity index (χ4n) is 0.855. The van der Waals surface area contributed by atoms with Gasteiger partial charge in [-0.1, -0.05) is 30.3 Å². The zero-order valence-corrected chi connectivity index (χ0v) is 7.58. The Morgan fingerprint density at radius 3 is 2.50 bits per heavy atom. The van der Waals surface area contributed by atoms with Gasteiger partial charge in [0.25, 0.3) is 0 Å². The number of carbonyl (C=O) groups is 1. The van der Waals surface area contributed by atoms with Gasteiger partial charge in [-0.2, -0.15) is 0 Å². The van der Waals surface area contributed by atoms with Gasteiger partial charge in [-0.05, 0) is 5.56 Å². The molecule has 0 aromatic heterocycles. The second kappa shape index (κ2) is 4.12. The van der Waals surface area contributed by atoms with Crippen molar-refractivity contribution in [2.24, 2.45) is 0 Å². The SMILES string of the molecule is CC(=O)N(Cl)Cc1ccccc1. The maximum absolute atomic E-state index is 10.7. The van der Waals surface area contributed by atoms with E-state index < -0.39 is 0 Å². The van der Waals surface area contributed by atoms with Crippen LogP contribution >= 0.6 is 11.8 Å². The molecule has 0 N–H and O–H groups in total. The maximum atomic E-state index is 10.7. The molecule has 0 saturated carbocycles. The van der Waals surface area contributed by atoms with E-state index in [1.807, 2.05) is 30.3 Å². The number of amides is 1. The molecule has 0 aliphatic rings. The Balaban J connectivity index is 2.58. The van der Waals surface area contributed by atoms with E-state index in [-0.39, 0.29) is 5.91 Å². The maximum Gasteiger partial charge on any atom is 0.234 e. The van der Waals surface area contributed by atoms with Gasteiger partial charge >= 0.3 is 0 Å². The standard InChI is InChI=1S/C9H10ClNO/c1-8(12)11(10)7-9-5-3-2-4-6-9/h2-6H,7H2,1H3. The first-order chi connectivity index (χ1) is 5.70. The summed E-state index contributed by atoms with van der Waals surface area (Å²) in [5, 5.41) is 0. The number of rotatable bonds is 2. The number of halogens is 1. The number of carbonyl (C=O) groups excluding carboxylic acids is 1. The fourth-order valence-corrected chi connectivity index (χ4v) is 0.993. The van der Waals surface area contributed by atoms with E-state index in [9.17, 15) is 4.79 Å². The van der Waals surface area contributed by atoms with Crippen molar-refractivity contribution in [2.45, 2.75) is 13.5 Å². The van der Waals surface area contributed by atoms with E-state index in [1.54, 1.807) is 0 Å². The number of nitrogens with zero attached hydrogens (tertiary/aromatic N) is 1. The summed E-state index contributed by atoms with van der Waals surface area (Å²) in [6.07, 6.45) is 0. The summed E-state index contributed by atoms with van der Waals surface area (Å²) in [6.45, 7) is 1.90. The van der Waals surface area contributed by atoms with Gasteiger partial charge < -0.3 is 0 Å². The predicted octanol–water partition coefficient (Wildman–Crippen LogP) is 2.19. The Morgan fingerprint density at radius 1 is 1.42 bits per heavy atom. The van der Waals surface area contributed by atoms with Crippen molar-refractivity contribution in [3.8, 4) is 0 Å². The third-order valence-corrected chi connectivity index (χ3v) is 1.86. The van der Waals surface area contributed by atoms with Crippen LogP contribution in [0.5, 0.6) is 0 Å². The normalized spacial score (nSPS) is 9.50. The molecule has 0 heterocycles. The van der Waals surface area contributed by atoms with Crippen molar-refractivity contribution in [1.29, 1.82) is 0 Å². The van der Waals surface area contributed by atoms with E-state index in [4.69, 9.17) is 11.8 Å². The Kier molecular flexibility index (Phi) is 3.11. The number of benzene rings is 1. The minimum absolute atomic E-state index is 0.138. The summed E-state index contributed by atoms with van der Waals surface area (Å²) in [5.41, 5.74) is 1.03. The molecule has 0 radical (unpaired) electrons. The smallest absolute Gasteiger partial charge is 0.234 e. The zero-order chi connectivity index (χ0) is 8.97. The largest absolute Gasteiger partial charge is 0.274 e. The van der Waals surface area contributed by atoms with Gasteiger partial charge in [0, 0.05) is 18.7 Å². The van der Waals surface area contributed by atoms with Crippen molar-refractivity contribution >= 4 is 17.7 Å².